The molecule has 2 rings (SSSR count). The normalized spacial score (nSPS) is 10.9. The lowest BCUT2D eigenvalue weighted by Gasteiger charge is -2.07. The van der Waals surface area contributed by atoms with E-state index < -0.39 is 0 Å². The van der Waals surface area contributed by atoms with Crippen molar-refractivity contribution < 1.29 is 0 Å². The SMILES string of the molecule is Cc1cn(-c2cccc(C(C)C)c2)nn1. The Hall–Kier alpha value is -1.64. The molecule has 1 aromatic heterocycles. The Balaban J connectivity index is 2.41. The van der Waals surface area contributed by atoms with Gasteiger partial charge in [0.25, 0.3) is 0 Å². The maximum Gasteiger partial charge on any atom is 0.0800 e. The molecule has 0 unspecified atom stereocenters. The fraction of sp³-hybridized carbons (Fsp3) is 0.333. The van der Waals surface area contributed by atoms with Gasteiger partial charge in [-0.15, -0.1) is 5.10 Å². The van der Waals surface area contributed by atoms with Crippen molar-refractivity contribution in [3.8, 4) is 5.69 Å². The molecule has 0 aliphatic carbocycles. The Morgan fingerprint density at radius 3 is 2.67 bits per heavy atom. The molecule has 1 aromatic carbocycles. The molecule has 2 aromatic rings. The van der Waals surface area contributed by atoms with Gasteiger partial charge in [0.2, 0.25) is 0 Å². The van der Waals surface area contributed by atoms with Gasteiger partial charge in [-0.05, 0) is 30.5 Å². The lowest BCUT2D eigenvalue weighted by Crippen LogP contribution is -1.96. The van der Waals surface area contributed by atoms with Crippen molar-refractivity contribution in [2.24, 2.45) is 0 Å². The molecule has 1 heterocycles. The van der Waals surface area contributed by atoms with Gasteiger partial charge >= 0.3 is 0 Å². The van der Waals surface area contributed by atoms with Crippen molar-refractivity contribution in [3.05, 3.63) is 41.7 Å². The first-order valence-corrected chi connectivity index (χ1v) is 5.16. The van der Waals surface area contributed by atoms with Crippen LogP contribution in [0.15, 0.2) is 30.5 Å². The van der Waals surface area contributed by atoms with Gasteiger partial charge in [-0.25, -0.2) is 4.68 Å². The van der Waals surface area contributed by atoms with Gasteiger partial charge in [0.05, 0.1) is 17.6 Å². The molecule has 0 aliphatic rings. The molecule has 0 spiro atoms. The summed E-state index contributed by atoms with van der Waals surface area (Å²) in [5.74, 6) is 0.537. The highest BCUT2D eigenvalue weighted by atomic mass is 15.4. The Kier molecular flexibility index (Phi) is 2.54. The van der Waals surface area contributed by atoms with E-state index in [1.54, 1.807) is 4.68 Å². The van der Waals surface area contributed by atoms with Crippen LogP contribution in [0.3, 0.4) is 0 Å². The van der Waals surface area contributed by atoms with Gasteiger partial charge in [0.15, 0.2) is 0 Å². The van der Waals surface area contributed by atoms with E-state index in [9.17, 15) is 0 Å². The molecule has 0 saturated heterocycles. The van der Waals surface area contributed by atoms with Gasteiger partial charge in [-0.1, -0.05) is 31.2 Å². The van der Waals surface area contributed by atoms with E-state index in [0.29, 0.717) is 5.92 Å². The molecule has 0 amide bonds. The topological polar surface area (TPSA) is 30.7 Å². The van der Waals surface area contributed by atoms with Crippen molar-refractivity contribution in [1.29, 1.82) is 0 Å². The highest BCUT2D eigenvalue weighted by molar-refractivity contribution is 5.36. The summed E-state index contributed by atoms with van der Waals surface area (Å²) >= 11 is 0. The summed E-state index contributed by atoms with van der Waals surface area (Å²) in [7, 11) is 0. The minimum Gasteiger partial charge on any atom is -0.220 e. The second-order valence-electron chi connectivity index (χ2n) is 4.05. The van der Waals surface area contributed by atoms with Crippen LogP contribution in [-0.4, -0.2) is 15.0 Å². The average molecular weight is 201 g/mol. The van der Waals surface area contributed by atoms with Crippen LogP contribution >= 0.6 is 0 Å². The highest BCUT2D eigenvalue weighted by Crippen LogP contribution is 2.17. The van der Waals surface area contributed by atoms with Crippen molar-refractivity contribution in [3.63, 3.8) is 0 Å². The number of aryl methyl sites for hydroxylation is 1. The van der Waals surface area contributed by atoms with Crippen LogP contribution in [0.5, 0.6) is 0 Å². The summed E-state index contributed by atoms with van der Waals surface area (Å²) < 4.78 is 1.81. The first-order valence-electron chi connectivity index (χ1n) is 5.16. The van der Waals surface area contributed by atoms with E-state index in [2.05, 4.69) is 42.4 Å². The number of benzene rings is 1. The second-order valence-corrected chi connectivity index (χ2v) is 4.05. The van der Waals surface area contributed by atoms with Crippen LogP contribution in [0.25, 0.3) is 5.69 Å². The van der Waals surface area contributed by atoms with Crippen molar-refractivity contribution in [2.75, 3.05) is 0 Å². The number of rotatable bonds is 2. The molecule has 0 bridgehead atoms. The van der Waals surface area contributed by atoms with E-state index in [-0.39, 0.29) is 0 Å². The largest absolute Gasteiger partial charge is 0.220 e. The van der Waals surface area contributed by atoms with E-state index in [1.807, 2.05) is 19.2 Å². The number of hydrogen-bond donors (Lipinski definition) is 0. The summed E-state index contributed by atoms with van der Waals surface area (Å²) in [6.07, 6.45) is 1.93. The van der Waals surface area contributed by atoms with Crippen molar-refractivity contribution in [2.45, 2.75) is 26.7 Å². The third-order valence-electron chi connectivity index (χ3n) is 2.41. The van der Waals surface area contributed by atoms with Crippen LogP contribution < -0.4 is 0 Å². The van der Waals surface area contributed by atoms with E-state index in [0.717, 1.165) is 11.4 Å². The molecule has 3 heteroatoms. The molecule has 0 atom stereocenters. The minimum atomic E-state index is 0.537. The third-order valence-corrected chi connectivity index (χ3v) is 2.41. The summed E-state index contributed by atoms with van der Waals surface area (Å²) in [5.41, 5.74) is 3.33. The molecule has 0 N–H and O–H groups in total. The minimum absolute atomic E-state index is 0.537. The molecule has 0 aliphatic heterocycles. The first kappa shape index (κ1) is 9.90. The Morgan fingerprint density at radius 2 is 2.07 bits per heavy atom. The Bertz CT molecular complexity index is 457. The predicted molar refractivity (Wildman–Crippen MR) is 60.2 cm³/mol. The predicted octanol–water partition coefficient (Wildman–Crippen LogP) is 2.70. The molecule has 0 radical (unpaired) electrons. The van der Waals surface area contributed by atoms with Gasteiger partial charge in [-0.2, -0.15) is 0 Å². The fourth-order valence-corrected chi connectivity index (χ4v) is 1.50. The van der Waals surface area contributed by atoms with E-state index >= 15 is 0 Å². The average Bonchev–Trinajstić information content (AvgIpc) is 2.65. The number of aromatic nitrogens is 3. The van der Waals surface area contributed by atoms with Gasteiger partial charge in [0, 0.05) is 0 Å². The van der Waals surface area contributed by atoms with Crippen LogP contribution in [0.1, 0.15) is 31.0 Å². The molecular weight excluding hydrogens is 186 g/mol. The fourth-order valence-electron chi connectivity index (χ4n) is 1.50. The quantitative estimate of drug-likeness (QED) is 0.748. The summed E-state index contributed by atoms with van der Waals surface area (Å²) in [4.78, 5) is 0. The maximum atomic E-state index is 4.05. The zero-order chi connectivity index (χ0) is 10.8. The summed E-state index contributed by atoms with van der Waals surface area (Å²) in [6, 6.07) is 8.39. The molecule has 15 heavy (non-hydrogen) atoms. The van der Waals surface area contributed by atoms with Gasteiger partial charge in [-0.3, -0.25) is 0 Å². The van der Waals surface area contributed by atoms with E-state index in [4.69, 9.17) is 0 Å². The van der Waals surface area contributed by atoms with Crippen LogP contribution in [-0.2, 0) is 0 Å². The summed E-state index contributed by atoms with van der Waals surface area (Å²) in [5, 5.41) is 8.03. The third kappa shape index (κ3) is 2.06. The molecule has 3 nitrogen and oxygen atoms in total. The molecule has 0 saturated carbocycles. The Morgan fingerprint density at radius 1 is 1.27 bits per heavy atom. The van der Waals surface area contributed by atoms with Crippen molar-refractivity contribution in [1.82, 2.24) is 15.0 Å². The zero-order valence-electron chi connectivity index (χ0n) is 9.31. The molecule has 0 fully saturated rings. The monoisotopic (exact) mass is 201 g/mol. The zero-order valence-corrected chi connectivity index (χ0v) is 9.31. The lowest BCUT2D eigenvalue weighted by molar-refractivity contribution is 0.793. The molecular formula is C12H15N3. The summed E-state index contributed by atoms with van der Waals surface area (Å²) in [6.45, 7) is 6.31. The van der Waals surface area contributed by atoms with Crippen LogP contribution in [0.4, 0.5) is 0 Å². The lowest BCUT2D eigenvalue weighted by atomic mass is 10.0. The number of nitrogens with zero attached hydrogens (tertiary/aromatic N) is 3. The number of hydrogen-bond acceptors (Lipinski definition) is 2. The Labute approximate surface area is 89.7 Å². The van der Waals surface area contributed by atoms with Crippen LogP contribution in [0.2, 0.25) is 0 Å². The smallest absolute Gasteiger partial charge is 0.0800 e. The molecule has 78 valence electrons. The van der Waals surface area contributed by atoms with E-state index in [1.165, 1.54) is 5.56 Å². The van der Waals surface area contributed by atoms with Crippen molar-refractivity contribution >= 4 is 0 Å². The maximum absolute atomic E-state index is 4.05. The van der Waals surface area contributed by atoms with Gasteiger partial charge in [0.1, 0.15) is 0 Å². The second kappa shape index (κ2) is 3.85. The first-order chi connectivity index (χ1) is 7.16. The van der Waals surface area contributed by atoms with Gasteiger partial charge < -0.3 is 0 Å². The van der Waals surface area contributed by atoms with Crippen LogP contribution in [0, 0.1) is 6.92 Å². The standard InChI is InChI=1S/C12H15N3/c1-9(2)11-5-4-6-12(7-11)15-8-10(3)13-14-15/h4-9H,1-3H3. The highest BCUT2D eigenvalue weighted by Gasteiger charge is 2.02.